The zero-order valence-electron chi connectivity index (χ0n) is 11.7. The summed E-state index contributed by atoms with van der Waals surface area (Å²) in [5.41, 5.74) is 7.28. The summed E-state index contributed by atoms with van der Waals surface area (Å²) in [5, 5.41) is 0.775. The summed E-state index contributed by atoms with van der Waals surface area (Å²) >= 11 is 5.92. The van der Waals surface area contributed by atoms with E-state index in [1.165, 1.54) is 5.56 Å². The van der Waals surface area contributed by atoms with Crippen LogP contribution in [0.15, 0.2) is 24.3 Å². The van der Waals surface area contributed by atoms with Gasteiger partial charge in [0.25, 0.3) is 0 Å². The van der Waals surface area contributed by atoms with Crippen LogP contribution < -0.4 is 5.73 Å². The van der Waals surface area contributed by atoms with Crippen LogP contribution in [0.25, 0.3) is 0 Å². The lowest BCUT2D eigenvalue weighted by Gasteiger charge is -2.42. The van der Waals surface area contributed by atoms with Crippen molar-refractivity contribution < 1.29 is 4.74 Å². The molecule has 0 aromatic heterocycles. The van der Waals surface area contributed by atoms with Crippen molar-refractivity contribution in [2.24, 2.45) is 11.7 Å². The largest absolute Gasteiger partial charge is 0.381 e. The highest BCUT2D eigenvalue weighted by atomic mass is 35.5. The van der Waals surface area contributed by atoms with Gasteiger partial charge in [-0.1, -0.05) is 23.7 Å². The van der Waals surface area contributed by atoms with Crippen LogP contribution in [0.3, 0.4) is 0 Å². The van der Waals surface area contributed by atoms with E-state index in [1.807, 2.05) is 12.1 Å². The molecule has 19 heavy (non-hydrogen) atoms. The minimum absolute atomic E-state index is 0.0177. The standard InChI is InChI=1S/C15H23ClN2O/c1-15(11-17,13-7-8-19-10-13)18(2)9-12-3-5-14(16)6-4-12/h3-6,13H,7-11,17H2,1-2H3. The molecule has 4 heteroatoms. The van der Waals surface area contributed by atoms with Crippen molar-refractivity contribution in [1.29, 1.82) is 0 Å². The van der Waals surface area contributed by atoms with Crippen LogP contribution in [-0.2, 0) is 11.3 Å². The summed E-state index contributed by atoms with van der Waals surface area (Å²) in [5.74, 6) is 0.509. The summed E-state index contributed by atoms with van der Waals surface area (Å²) in [4.78, 5) is 2.34. The fourth-order valence-corrected chi connectivity index (χ4v) is 2.83. The third kappa shape index (κ3) is 3.29. The molecule has 0 spiro atoms. The van der Waals surface area contributed by atoms with E-state index in [2.05, 4.69) is 31.0 Å². The van der Waals surface area contributed by atoms with Crippen molar-refractivity contribution in [3.8, 4) is 0 Å². The predicted molar refractivity (Wildman–Crippen MR) is 79.3 cm³/mol. The topological polar surface area (TPSA) is 38.5 Å². The number of ether oxygens (including phenoxy) is 1. The molecule has 0 saturated carbocycles. The van der Waals surface area contributed by atoms with E-state index in [-0.39, 0.29) is 5.54 Å². The summed E-state index contributed by atoms with van der Waals surface area (Å²) in [7, 11) is 2.14. The summed E-state index contributed by atoms with van der Waals surface area (Å²) in [6.07, 6.45) is 1.10. The maximum Gasteiger partial charge on any atom is 0.0513 e. The molecule has 2 N–H and O–H groups in total. The van der Waals surface area contributed by atoms with Gasteiger partial charge in [-0.3, -0.25) is 4.90 Å². The van der Waals surface area contributed by atoms with E-state index >= 15 is 0 Å². The molecule has 1 aliphatic heterocycles. The third-order valence-corrected chi connectivity index (χ3v) is 4.68. The van der Waals surface area contributed by atoms with Crippen LogP contribution >= 0.6 is 11.6 Å². The van der Waals surface area contributed by atoms with Crippen molar-refractivity contribution in [2.45, 2.75) is 25.4 Å². The molecule has 1 aliphatic rings. The number of nitrogens with zero attached hydrogens (tertiary/aromatic N) is 1. The lowest BCUT2D eigenvalue weighted by Crippen LogP contribution is -2.54. The highest BCUT2D eigenvalue weighted by Crippen LogP contribution is 2.30. The molecule has 1 aromatic rings. The minimum Gasteiger partial charge on any atom is -0.381 e. The van der Waals surface area contributed by atoms with Crippen LogP contribution in [0.1, 0.15) is 18.9 Å². The number of hydrogen-bond donors (Lipinski definition) is 1. The van der Waals surface area contributed by atoms with Gasteiger partial charge >= 0.3 is 0 Å². The highest BCUT2D eigenvalue weighted by molar-refractivity contribution is 6.30. The van der Waals surface area contributed by atoms with Crippen LogP contribution in [0.2, 0.25) is 5.02 Å². The Balaban J connectivity index is 2.07. The first-order valence-corrected chi connectivity index (χ1v) is 7.17. The molecule has 2 rings (SSSR count). The summed E-state index contributed by atoms with van der Waals surface area (Å²) in [6.45, 7) is 5.43. The lowest BCUT2D eigenvalue weighted by molar-refractivity contribution is 0.0609. The van der Waals surface area contributed by atoms with Crippen molar-refractivity contribution in [1.82, 2.24) is 4.90 Å². The Morgan fingerprint density at radius 1 is 1.42 bits per heavy atom. The monoisotopic (exact) mass is 282 g/mol. The molecule has 0 amide bonds. The normalized spacial score (nSPS) is 22.7. The van der Waals surface area contributed by atoms with Crippen molar-refractivity contribution in [2.75, 3.05) is 26.8 Å². The zero-order chi connectivity index (χ0) is 13.9. The molecule has 106 valence electrons. The van der Waals surface area contributed by atoms with Crippen molar-refractivity contribution in [3.63, 3.8) is 0 Å². The van der Waals surface area contributed by atoms with Gasteiger partial charge in [-0.2, -0.15) is 0 Å². The predicted octanol–water partition coefficient (Wildman–Crippen LogP) is 2.53. The number of halogens is 1. The Morgan fingerprint density at radius 2 is 2.11 bits per heavy atom. The van der Waals surface area contributed by atoms with Gasteiger partial charge in [-0.05, 0) is 38.1 Å². The number of likely N-dealkylation sites (N-methyl/N-ethyl adjacent to an activating group) is 1. The van der Waals surface area contributed by atoms with E-state index in [9.17, 15) is 0 Å². The second-order valence-electron chi connectivity index (χ2n) is 5.60. The number of nitrogens with two attached hydrogens (primary N) is 1. The maximum absolute atomic E-state index is 6.05. The average molecular weight is 283 g/mol. The smallest absolute Gasteiger partial charge is 0.0513 e. The van der Waals surface area contributed by atoms with E-state index in [1.54, 1.807) is 0 Å². The SMILES string of the molecule is CN(Cc1ccc(Cl)cc1)C(C)(CN)C1CCOC1. The van der Waals surface area contributed by atoms with Crippen molar-refractivity contribution >= 4 is 11.6 Å². The molecule has 1 fully saturated rings. The Hall–Kier alpha value is -0.610. The van der Waals surface area contributed by atoms with Gasteiger partial charge in [0.05, 0.1) is 6.61 Å². The zero-order valence-corrected chi connectivity index (χ0v) is 12.5. The molecule has 1 aromatic carbocycles. The number of rotatable bonds is 5. The molecule has 3 nitrogen and oxygen atoms in total. The number of hydrogen-bond acceptors (Lipinski definition) is 3. The number of benzene rings is 1. The van der Waals surface area contributed by atoms with Crippen LogP contribution in [-0.4, -0.2) is 37.2 Å². The fourth-order valence-electron chi connectivity index (χ4n) is 2.70. The average Bonchev–Trinajstić information content (AvgIpc) is 2.95. The molecular formula is C15H23ClN2O. The van der Waals surface area contributed by atoms with Crippen LogP contribution in [0.5, 0.6) is 0 Å². The molecule has 0 bridgehead atoms. The van der Waals surface area contributed by atoms with Gasteiger partial charge < -0.3 is 10.5 Å². The van der Waals surface area contributed by atoms with E-state index < -0.39 is 0 Å². The first kappa shape index (κ1) is 14.8. The maximum atomic E-state index is 6.05. The Morgan fingerprint density at radius 3 is 2.63 bits per heavy atom. The molecule has 2 atom stereocenters. The second-order valence-corrected chi connectivity index (χ2v) is 6.04. The molecular weight excluding hydrogens is 260 g/mol. The quantitative estimate of drug-likeness (QED) is 0.902. The van der Waals surface area contributed by atoms with E-state index in [0.29, 0.717) is 12.5 Å². The second kappa shape index (κ2) is 6.23. The van der Waals surface area contributed by atoms with E-state index in [4.69, 9.17) is 22.1 Å². The van der Waals surface area contributed by atoms with Crippen LogP contribution in [0, 0.1) is 5.92 Å². The van der Waals surface area contributed by atoms with E-state index in [0.717, 1.165) is 31.2 Å². The van der Waals surface area contributed by atoms with Gasteiger partial charge in [0.1, 0.15) is 0 Å². The molecule has 0 aliphatic carbocycles. The van der Waals surface area contributed by atoms with Gasteiger partial charge in [-0.25, -0.2) is 0 Å². The summed E-state index contributed by atoms with van der Waals surface area (Å²) < 4.78 is 5.52. The first-order valence-electron chi connectivity index (χ1n) is 6.80. The Kier molecular flexibility index (Phi) is 4.85. The van der Waals surface area contributed by atoms with Gasteiger partial charge in [0.15, 0.2) is 0 Å². The van der Waals surface area contributed by atoms with Gasteiger partial charge in [-0.15, -0.1) is 0 Å². The van der Waals surface area contributed by atoms with Crippen LogP contribution in [0.4, 0.5) is 0 Å². The molecule has 1 saturated heterocycles. The minimum atomic E-state index is -0.0177. The third-order valence-electron chi connectivity index (χ3n) is 4.43. The van der Waals surface area contributed by atoms with Crippen molar-refractivity contribution in [3.05, 3.63) is 34.9 Å². The highest BCUT2D eigenvalue weighted by Gasteiger charge is 2.38. The molecule has 1 heterocycles. The Bertz CT molecular complexity index is 403. The van der Waals surface area contributed by atoms with Gasteiger partial charge in [0, 0.05) is 36.2 Å². The van der Waals surface area contributed by atoms with Gasteiger partial charge in [0.2, 0.25) is 0 Å². The fraction of sp³-hybridized carbons (Fsp3) is 0.600. The molecule has 0 radical (unpaired) electrons. The first-order chi connectivity index (χ1) is 9.06. The lowest BCUT2D eigenvalue weighted by atomic mass is 9.83. The summed E-state index contributed by atoms with van der Waals surface area (Å²) in [6, 6.07) is 8.01. The Labute approximate surface area is 120 Å². The molecule has 2 unspecified atom stereocenters.